The van der Waals surface area contributed by atoms with Crippen LogP contribution in [0.4, 0.5) is 0 Å². The lowest BCUT2D eigenvalue weighted by atomic mass is 9.97. The van der Waals surface area contributed by atoms with E-state index in [9.17, 15) is 28.8 Å². The summed E-state index contributed by atoms with van der Waals surface area (Å²) < 4.78 is 45.9. The predicted molar refractivity (Wildman–Crippen MR) is 151 cm³/mol. The van der Waals surface area contributed by atoms with Gasteiger partial charge in [-0.3, -0.25) is 42.3 Å². The van der Waals surface area contributed by atoms with E-state index in [2.05, 4.69) is 14.8 Å². The normalized spacial score (nSPS) is 27.2. The molecule has 17 heteroatoms. The van der Waals surface area contributed by atoms with Crippen LogP contribution in [0.15, 0.2) is 31.6 Å². The van der Waals surface area contributed by atoms with Crippen LogP contribution in [-0.2, 0) is 27.6 Å². The van der Waals surface area contributed by atoms with Gasteiger partial charge in [0.25, 0.3) is 11.1 Å². The van der Waals surface area contributed by atoms with E-state index in [1.165, 1.54) is 37.7 Å². The van der Waals surface area contributed by atoms with Crippen molar-refractivity contribution in [2.24, 2.45) is 0 Å². The minimum absolute atomic E-state index is 0.0318. The molecule has 2 aliphatic rings. The Labute approximate surface area is 246 Å². The number of ether oxygens (including phenoxy) is 2. The van der Waals surface area contributed by atoms with Crippen molar-refractivity contribution < 1.29 is 32.7 Å². The third kappa shape index (κ3) is 7.15. The number of phosphoric acid groups is 1. The fourth-order valence-corrected chi connectivity index (χ4v) is 6.87. The van der Waals surface area contributed by atoms with Crippen LogP contribution in [0.2, 0.25) is 0 Å². The van der Waals surface area contributed by atoms with Crippen LogP contribution in [0.5, 0.6) is 0 Å². The number of nitrogens with zero attached hydrogens (tertiary/aromatic N) is 3. The molecule has 0 radical (unpaired) electrons. The fraction of sp³-hybridized carbons (Fsp3) is 0.654. The Morgan fingerprint density at radius 3 is 2.14 bits per heavy atom. The molecule has 1 unspecified atom stereocenters. The fourth-order valence-electron chi connectivity index (χ4n) is 5.18. The Morgan fingerprint density at radius 2 is 1.60 bits per heavy atom. The zero-order chi connectivity index (χ0) is 31.7. The summed E-state index contributed by atoms with van der Waals surface area (Å²) in [5, 5.41) is 10.9. The molecule has 2 aromatic heterocycles. The van der Waals surface area contributed by atoms with Gasteiger partial charge in [-0.25, -0.2) is 20.7 Å². The summed E-state index contributed by atoms with van der Waals surface area (Å²) in [6, 6.07) is 0. The molecular formula is C26H36N5O11P. The second-order valence-corrected chi connectivity index (χ2v) is 12.6. The molecule has 16 nitrogen and oxygen atoms in total. The SMILES string of the molecule is [C-]#[N+]CCOP(=O)(O[C@@H]1C[C@H](n2cc(C)c(=O)[nH]c2=O)O[C@@H]1CC)OC(C)(C)[C@H]1O[C@@H](n2cc(C)c(=O)[nH]c2=O)C[C@H]1O. The van der Waals surface area contributed by atoms with Gasteiger partial charge in [-0.2, -0.15) is 0 Å². The third-order valence-electron chi connectivity index (χ3n) is 7.34. The Balaban J connectivity index is 1.56. The lowest BCUT2D eigenvalue weighted by molar-refractivity contribution is -0.125. The zero-order valence-electron chi connectivity index (χ0n) is 24.5. The highest BCUT2D eigenvalue weighted by Gasteiger charge is 2.51. The molecule has 2 aromatic rings. The summed E-state index contributed by atoms with van der Waals surface area (Å²) in [5.74, 6) is 0. The number of aromatic amines is 2. The lowest BCUT2D eigenvalue weighted by Crippen LogP contribution is -2.45. The smallest absolute Gasteiger partial charge is 0.390 e. The molecule has 0 aliphatic carbocycles. The summed E-state index contributed by atoms with van der Waals surface area (Å²) in [6.45, 7) is 14.5. The van der Waals surface area contributed by atoms with E-state index in [0.29, 0.717) is 12.0 Å². The third-order valence-corrected chi connectivity index (χ3v) is 9.06. The van der Waals surface area contributed by atoms with Crippen LogP contribution >= 0.6 is 7.82 Å². The number of nitrogens with one attached hydrogen (secondary N) is 2. The van der Waals surface area contributed by atoms with E-state index < -0.39 is 72.8 Å². The number of hydrogen-bond donors (Lipinski definition) is 3. The first-order valence-corrected chi connectivity index (χ1v) is 15.2. The molecule has 236 valence electrons. The van der Waals surface area contributed by atoms with Crippen LogP contribution < -0.4 is 22.5 Å². The number of hydrogen-bond acceptors (Lipinski definition) is 11. The van der Waals surface area contributed by atoms with Crippen LogP contribution in [-0.4, -0.2) is 67.4 Å². The van der Waals surface area contributed by atoms with Crippen molar-refractivity contribution in [1.29, 1.82) is 0 Å². The standard InChI is InChI=1S/C26H36N5O11P/c1-7-17-18(11-20(39-17)31-13-15(3)23(34)29-25(31)36)41-43(37,38-9-8-27-6)42-26(4,5)21-16(32)10-19(40-21)30-12-14(2)22(33)28-24(30)35/h12-13,16-21,32H,7-11H2,1-5H3,(H,28,33,35)(H,29,34,36)/t16-,17-,18-,19-,20-,21+,43?/m1/s1. The number of rotatable bonds is 11. The van der Waals surface area contributed by atoms with E-state index in [0.717, 1.165) is 4.57 Å². The average molecular weight is 626 g/mol. The number of H-pyrrole nitrogens is 2. The van der Waals surface area contributed by atoms with Crippen molar-refractivity contribution >= 4 is 7.82 Å². The van der Waals surface area contributed by atoms with Gasteiger partial charge in [0, 0.05) is 36.4 Å². The van der Waals surface area contributed by atoms with Crippen molar-refractivity contribution in [1.82, 2.24) is 19.1 Å². The van der Waals surface area contributed by atoms with Gasteiger partial charge < -0.3 is 19.4 Å². The maximum absolute atomic E-state index is 14.1. The maximum Gasteiger partial charge on any atom is 0.476 e. The molecule has 7 atom stereocenters. The Kier molecular flexibility index (Phi) is 9.77. The largest absolute Gasteiger partial charge is 0.476 e. The van der Waals surface area contributed by atoms with Gasteiger partial charge in [-0.15, -0.1) is 0 Å². The molecule has 2 saturated heterocycles. The predicted octanol–water partition coefficient (Wildman–Crippen LogP) is 1.27. The molecule has 4 rings (SSSR count). The van der Waals surface area contributed by atoms with Crippen LogP contribution in [0.1, 0.15) is 63.6 Å². The average Bonchev–Trinajstić information content (AvgIpc) is 3.51. The van der Waals surface area contributed by atoms with E-state index in [1.54, 1.807) is 6.92 Å². The molecule has 0 spiro atoms. The number of aliphatic hydroxyl groups is 1. The second kappa shape index (κ2) is 12.8. The van der Waals surface area contributed by atoms with E-state index in [1.807, 2.05) is 6.92 Å². The van der Waals surface area contributed by atoms with Crippen molar-refractivity contribution in [2.75, 3.05) is 13.2 Å². The van der Waals surface area contributed by atoms with Crippen LogP contribution in [0.3, 0.4) is 0 Å². The molecular weight excluding hydrogens is 589 g/mol. The molecule has 0 bridgehead atoms. The monoisotopic (exact) mass is 625 g/mol. The van der Waals surface area contributed by atoms with Crippen LogP contribution in [0.25, 0.3) is 4.85 Å². The highest BCUT2D eigenvalue weighted by molar-refractivity contribution is 7.48. The van der Waals surface area contributed by atoms with E-state index in [-0.39, 0.29) is 31.6 Å². The first kappa shape index (κ1) is 32.7. The molecule has 43 heavy (non-hydrogen) atoms. The first-order chi connectivity index (χ1) is 20.2. The van der Waals surface area contributed by atoms with Crippen molar-refractivity contribution in [3.8, 4) is 0 Å². The highest BCUT2D eigenvalue weighted by atomic mass is 31.2. The first-order valence-electron chi connectivity index (χ1n) is 13.8. The molecule has 2 aliphatic heterocycles. The molecule has 2 fully saturated rings. The number of aryl methyl sites for hydroxylation is 2. The lowest BCUT2D eigenvalue weighted by Gasteiger charge is -2.36. The number of aromatic nitrogens is 4. The quantitative estimate of drug-likeness (QED) is 0.185. The molecule has 0 amide bonds. The zero-order valence-corrected chi connectivity index (χ0v) is 25.4. The summed E-state index contributed by atoms with van der Waals surface area (Å²) in [6.07, 6.45) is -2.48. The Hall–Kier alpha value is -3.16. The molecule has 0 saturated carbocycles. The molecule has 0 aromatic carbocycles. The van der Waals surface area contributed by atoms with E-state index in [4.69, 9.17) is 29.6 Å². The highest BCUT2D eigenvalue weighted by Crippen LogP contribution is 2.57. The Morgan fingerprint density at radius 1 is 1.05 bits per heavy atom. The van der Waals surface area contributed by atoms with Crippen LogP contribution in [0, 0.1) is 20.4 Å². The summed E-state index contributed by atoms with van der Waals surface area (Å²) in [4.78, 5) is 56.1. The Bertz CT molecular complexity index is 1650. The molecule has 4 heterocycles. The van der Waals surface area contributed by atoms with Gasteiger partial charge in [0.05, 0.1) is 18.3 Å². The minimum atomic E-state index is -4.49. The number of phosphoric ester groups is 1. The summed E-state index contributed by atoms with van der Waals surface area (Å²) in [7, 11) is -4.49. The van der Waals surface area contributed by atoms with Gasteiger partial charge in [0.2, 0.25) is 6.54 Å². The van der Waals surface area contributed by atoms with Gasteiger partial charge >= 0.3 is 19.2 Å². The van der Waals surface area contributed by atoms with Crippen molar-refractivity contribution in [3.05, 3.63) is 76.6 Å². The van der Waals surface area contributed by atoms with Gasteiger partial charge in [-0.1, -0.05) is 6.92 Å². The summed E-state index contributed by atoms with van der Waals surface area (Å²) >= 11 is 0. The van der Waals surface area contributed by atoms with Gasteiger partial charge in [0.1, 0.15) is 30.8 Å². The maximum atomic E-state index is 14.1. The summed E-state index contributed by atoms with van der Waals surface area (Å²) in [5.41, 5.74) is -3.41. The van der Waals surface area contributed by atoms with Gasteiger partial charge in [0.15, 0.2) is 0 Å². The topological polar surface area (TPSA) is 198 Å². The number of aliphatic hydroxyl groups excluding tert-OH is 1. The van der Waals surface area contributed by atoms with Crippen molar-refractivity contribution in [3.63, 3.8) is 0 Å². The van der Waals surface area contributed by atoms with E-state index >= 15 is 0 Å². The van der Waals surface area contributed by atoms with Gasteiger partial charge in [-0.05, 0) is 34.1 Å². The minimum Gasteiger partial charge on any atom is -0.390 e. The second-order valence-electron chi connectivity index (χ2n) is 11.0. The molecule has 3 N–H and O–H groups in total. The van der Waals surface area contributed by atoms with Crippen molar-refractivity contribution in [2.45, 2.75) is 96.4 Å².